The molecule has 0 rings (SSSR count). The molecular formula is C8H16O2. The van der Waals surface area contributed by atoms with E-state index in [0.717, 1.165) is 0 Å². The third-order valence-electron chi connectivity index (χ3n) is 1.01. The van der Waals surface area contributed by atoms with Crippen molar-refractivity contribution in [2.45, 2.75) is 27.1 Å². The van der Waals surface area contributed by atoms with Gasteiger partial charge in [-0.3, -0.25) is 0 Å². The lowest BCUT2D eigenvalue weighted by Gasteiger charge is -2.11. The minimum absolute atomic E-state index is 0.153. The smallest absolute Gasteiger partial charge is 0.176 e. The van der Waals surface area contributed by atoms with Gasteiger partial charge in [-0.25, -0.2) is 0 Å². The van der Waals surface area contributed by atoms with E-state index in [4.69, 9.17) is 9.47 Å². The molecule has 60 valence electrons. The molecule has 0 aromatic carbocycles. The summed E-state index contributed by atoms with van der Waals surface area (Å²) in [5.74, 6) is 0. The van der Waals surface area contributed by atoms with Crippen molar-refractivity contribution in [2.75, 3.05) is 13.2 Å². The molecule has 0 atom stereocenters. The average Bonchev–Trinajstić information content (AvgIpc) is 1.90. The van der Waals surface area contributed by atoms with Gasteiger partial charge < -0.3 is 9.47 Å². The highest BCUT2D eigenvalue weighted by Crippen LogP contribution is 1.95. The number of rotatable bonds is 5. The van der Waals surface area contributed by atoms with Crippen LogP contribution in [0.1, 0.15) is 20.8 Å². The fourth-order valence-electron chi connectivity index (χ4n) is 0.645. The van der Waals surface area contributed by atoms with Crippen molar-refractivity contribution in [3.8, 4) is 0 Å². The summed E-state index contributed by atoms with van der Waals surface area (Å²) in [5.41, 5.74) is 0. The van der Waals surface area contributed by atoms with Crippen molar-refractivity contribution in [2.24, 2.45) is 0 Å². The normalized spacial score (nSPS) is 11.6. The highest BCUT2D eigenvalue weighted by Gasteiger charge is 1.99. The molecule has 0 saturated heterocycles. The standard InChI is InChI=1S/C8H16O2/c1-4-7-8(9-5-2)10-6-3/h4,7-8H,5-6H2,1-3H3/b7-4+. The highest BCUT2D eigenvalue weighted by atomic mass is 16.7. The Hall–Kier alpha value is -0.340. The van der Waals surface area contributed by atoms with Gasteiger partial charge in [0.1, 0.15) is 0 Å². The highest BCUT2D eigenvalue weighted by molar-refractivity contribution is 4.80. The second-order valence-electron chi connectivity index (χ2n) is 1.80. The Morgan fingerprint density at radius 1 is 1.20 bits per heavy atom. The molecule has 0 unspecified atom stereocenters. The summed E-state index contributed by atoms with van der Waals surface area (Å²) >= 11 is 0. The van der Waals surface area contributed by atoms with Gasteiger partial charge >= 0.3 is 0 Å². The number of hydrogen-bond donors (Lipinski definition) is 0. The van der Waals surface area contributed by atoms with Crippen LogP contribution in [0.4, 0.5) is 0 Å². The van der Waals surface area contributed by atoms with Crippen LogP contribution in [0.3, 0.4) is 0 Å². The Morgan fingerprint density at radius 3 is 2.00 bits per heavy atom. The van der Waals surface area contributed by atoms with E-state index in [2.05, 4.69) is 0 Å². The Bertz CT molecular complexity index is 83.3. The van der Waals surface area contributed by atoms with Crippen molar-refractivity contribution in [1.29, 1.82) is 0 Å². The van der Waals surface area contributed by atoms with Crippen LogP contribution in [-0.4, -0.2) is 19.5 Å². The molecule has 0 fully saturated rings. The molecule has 2 heteroatoms. The summed E-state index contributed by atoms with van der Waals surface area (Å²) in [6.07, 6.45) is 3.67. The van der Waals surface area contributed by atoms with Crippen LogP contribution in [0, 0.1) is 0 Å². The summed E-state index contributed by atoms with van der Waals surface area (Å²) in [6.45, 7) is 7.24. The van der Waals surface area contributed by atoms with E-state index < -0.39 is 0 Å². The van der Waals surface area contributed by atoms with Gasteiger partial charge in [-0.15, -0.1) is 0 Å². The van der Waals surface area contributed by atoms with Crippen molar-refractivity contribution in [3.63, 3.8) is 0 Å². The minimum Gasteiger partial charge on any atom is -0.349 e. The third kappa shape index (κ3) is 4.53. The minimum atomic E-state index is -0.153. The summed E-state index contributed by atoms with van der Waals surface area (Å²) in [4.78, 5) is 0. The van der Waals surface area contributed by atoms with Crippen LogP contribution in [0.25, 0.3) is 0 Å². The summed E-state index contributed by atoms with van der Waals surface area (Å²) in [7, 11) is 0. The van der Waals surface area contributed by atoms with E-state index in [1.165, 1.54) is 0 Å². The molecule has 0 aliphatic heterocycles. The lowest BCUT2D eigenvalue weighted by molar-refractivity contribution is -0.103. The van der Waals surface area contributed by atoms with E-state index in [9.17, 15) is 0 Å². The predicted octanol–water partition coefficient (Wildman–Crippen LogP) is 1.96. The van der Waals surface area contributed by atoms with Crippen molar-refractivity contribution < 1.29 is 9.47 Å². The van der Waals surface area contributed by atoms with Gasteiger partial charge in [0.25, 0.3) is 0 Å². The first-order chi connectivity index (χ1) is 4.85. The largest absolute Gasteiger partial charge is 0.349 e. The summed E-state index contributed by atoms with van der Waals surface area (Å²) in [5, 5.41) is 0. The quantitative estimate of drug-likeness (QED) is 0.434. The van der Waals surface area contributed by atoms with E-state index in [0.29, 0.717) is 13.2 Å². The Morgan fingerprint density at radius 2 is 1.70 bits per heavy atom. The van der Waals surface area contributed by atoms with Crippen molar-refractivity contribution in [3.05, 3.63) is 12.2 Å². The van der Waals surface area contributed by atoms with E-state index in [-0.39, 0.29) is 6.29 Å². The lowest BCUT2D eigenvalue weighted by Crippen LogP contribution is -2.13. The predicted molar refractivity (Wildman–Crippen MR) is 41.9 cm³/mol. The van der Waals surface area contributed by atoms with Crippen LogP contribution in [0.2, 0.25) is 0 Å². The Labute approximate surface area is 62.8 Å². The molecule has 0 aromatic rings. The van der Waals surface area contributed by atoms with Gasteiger partial charge in [0, 0.05) is 13.2 Å². The zero-order valence-electron chi connectivity index (χ0n) is 6.96. The van der Waals surface area contributed by atoms with Gasteiger partial charge in [-0.1, -0.05) is 6.08 Å². The van der Waals surface area contributed by atoms with Crippen LogP contribution in [0.15, 0.2) is 12.2 Å². The second-order valence-corrected chi connectivity index (χ2v) is 1.80. The van der Waals surface area contributed by atoms with E-state index in [1.807, 2.05) is 32.9 Å². The molecule has 0 N–H and O–H groups in total. The van der Waals surface area contributed by atoms with Gasteiger partial charge in [0.05, 0.1) is 0 Å². The second kappa shape index (κ2) is 6.78. The molecule has 0 heterocycles. The molecule has 10 heavy (non-hydrogen) atoms. The summed E-state index contributed by atoms with van der Waals surface area (Å²) < 4.78 is 10.4. The van der Waals surface area contributed by atoms with E-state index in [1.54, 1.807) is 0 Å². The van der Waals surface area contributed by atoms with Crippen LogP contribution >= 0.6 is 0 Å². The zero-order valence-corrected chi connectivity index (χ0v) is 6.96. The third-order valence-corrected chi connectivity index (χ3v) is 1.01. The molecule has 0 radical (unpaired) electrons. The topological polar surface area (TPSA) is 18.5 Å². The van der Waals surface area contributed by atoms with Crippen LogP contribution in [0.5, 0.6) is 0 Å². The van der Waals surface area contributed by atoms with Gasteiger partial charge in [-0.2, -0.15) is 0 Å². The lowest BCUT2D eigenvalue weighted by atomic mass is 10.5. The van der Waals surface area contributed by atoms with Crippen molar-refractivity contribution in [1.82, 2.24) is 0 Å². The van der Waals surface area contributed by atoms with Crippen molar-refractivity contribution >= 4 is 0 Å². The first-order valence-electron chi connectivity index (χ1n) is 3.71. The molecule has 0 aromatic heterocycles. The van der Waals surface area contributed by atoms with Gasteiger partial charge in [-0.05, 0) is 26.8 Å². The van der Waals surface area contributed by atoms with Gasteiger partial charge in [0.15, 0.2) is 6.29 Å². The first kappa shape index (κ1) is 9.66. The zero-order chi connectivity index (χ0) is 7.82. The monoisotopic (exact) mass is 144 g/mol. The maximum absolute atomic E-state index is 5.21. The Kier molecular flexibility index (Phi) is 6.55. The van der Waals surface area contributed by atoms with Gasteiger partial charge in [0.2, 0.25) is 0 Å². The number of ether oxygens (including phenoxy) is 2. The number of hydrogen-bond acceptors (Lipinski definition) is 2. The molecule has 0 spiro atoms. The maximum atomic E-state index is 5.21. The molecule has 0 aliphatic rings. The molecule has 0 bridgehead atoms. The molecule has 2 nitrogen and oxygen atoms in total. The van der Waals surface area contributed by atoms with E-state index >= 15 is 0 Å². The number of allylic oxidation sites excluding steroid dienone is 1. The Balaban J connectivity index is 3.50. The summed E-state index contributed by atoms with van der Waals surface area (Å²) in [6, 6.07) is 0. The average molecular weight is 144 g/mol. The molecule has 0 aliphatic carbocycles. The van der Waals surface area contributed by atoms with Crippen LogP contribution < -0.4 is 0 Å². The SMILES string of the molecule is C/C=C/C(OCC)OCC. The van der Waals surface area contributed by atoms with Crippen LogP contribution in [-0.2, 0) is 9.47 Å². The fraction of sp³-hybridized carbons (Fsp3) is 0.750. The molecule has 0 saturated carbocycles. The fourth-order valence-corrected chi connectivity index (χ4v) is 0.645. The maximum Gasteiger partial charge on any atom is 0.176 e. The molecular weight excluding hydrogens is 128 g/mol. The molecule has 0 amide bonds. The first-order valence-corrected chi connectivity index (χ1v) is 3.71.